The zero-order chi connectivity index (χ0) is 61.0. The van der Waals surface area contributed by atoms with Crippen LogP contribution >= 0.6 is 79.7 Å². The smallest absolute Gasteiger partial charge is 0.270 e. The summed E-state index contributed by atoms with van der Waals surface area (Å²) in [6, 6.07) is 32.3. The van der Waals surface area contributed by atoms with Gasteiger partial charge in [0.1, 0.15) is 34.5 Å². The van der Waals surface area contributed by atoms with Crippen LogP contribution in [0.2, 0.25) is 0 Å². The van der Waals surface area contributed by atoms with E-state index in [1.807, 2.05) is 54.6 Å². The summed E-state index contributed by atoms with van der Waals surface area (Å²) in [7, 11) is 0. The maximum absolute atomic E-state index is 14.0. The van der Waals surface area contributed by atoms with E-state index in [0.29, 0.717) is 5.56 Å². The van der Waals surface area contributed by atoms with Crippen LogP contribution in [0.5, 0.6) is 0 Å². The number of ketones is 2. The Labute approximate surface area is 532 Å². The van der Waals surface area contributed by atoms with Gasteiger partial charge >= 0.3 is 0 Å². The average Bonchev–Trinajstić information content (AvgIpc) is 1.62. The number of hydrogen-bond acceptors (Lipinski definition) is 18. The van der Waals surface area contributed by atoms with E-state index in [1.54, 1.807) is 57.5 Å². The highest BCUT2D eigenvalue weighted by Gasteiger charge is 2.44. The van der Waals surface area contributed by atoms with Crippen LogP contribution in [0.3, 0.4) is 0 Å². The molecule has 7 aromatic heterocycles. The fourth-order valence-electron chi connectivity index (χ4n) is 12.2. The van der Waals surface area contributed by atoms with Crippen molar-refractivity contribution in [3.05, 3.63) is 201 Å². The molecule has 0 saturated heterocycles. The Balaban J connectivity index is 0.746. The molecule has 1 aliphatic heterocycles. The number of nitriles is 5. The quantitative estimate of drug-likeness (QED) is 0.0877. The zero-order valence-electron chi connectivity index (χ0n) is 45.5. The van der Waals surface area contributed by atoms with Gasteiger partial charge in [0.05, 0.1) is 77.7 Å². The summed E-state index contributed by atoms with van der Waals surface area (Å²) in [4.78, 5) is 50.6. The molecular weight excluding hydrogens is 1250 g/mol. The topological polar surface area (TPSA) is 217 Å². The van der Waals surface area contributed by atoms with E-state index in [-0.39, 0.29) is 83.6 Å². The molecule has 10 aromatic rings. The highest BCUT2D eigenvalue weighted by Crippen LogP contribution is 2.64. The van der Waals surface area contributed by atoms with Gasteiger partial charge in [-0.05, 0) is 118 Å². The Kier molecular flexibility index (Phi) is 12.1. The molecule has 0 amide bonds. The van der Waals surface area contributed by atoms with Crippen molar-refractivity contribution in [3.63, 3.8) is 0 Å². The molecule has 0 saturated carbocycles. The van der Waals surface area contributed by atoms with Gasteiger partial charge < -0.3 is 0 Å². The first-order valence-electron chi connectivity index (χ1n) is 26.3. The van der Waals surface area contributed by atoms with E-state index >= 15 is 0 Å². The van der Waals surface area contributed by atoms with Gasteiger partial charge in [-0.3, -0.25) is 9.59 Å². The lowest BCUT2D eigenvalue weighted by Gasteiger charge is -2.19. The third-order valence-electron chi connectivity index (χ3n) is 16.5. The third-order valence-corrected chi connectivity index (χ3v) is 24.9. The summed E-state index contributed by atoms with van der Waals surface area (Å²) in [6.07, 6.45) is 3.38. The van der Waals surface area contributed by atoms with Crippen molar-refractivity contribution >= 4 is 154 Å². The Hall–Kier alpha value is -10.3. The van der Waals surface area contributed by atoms with Crippen LogP contribution < -0.4 is 0 Å². The number of thiophene rings is 6. The molecule has 0 fully saturated rings. The van der Waals surface area contributed by atoms with Crippen LogP contribution in [0.25, 0.3) is 109 Å². The molecule has 5 aliphatic rings. The van der Waals surface area contributed by atoms with Gasteiger partial charge in [-0.15, -0.1) is 68.0 Å². The molecule has 0 spiro atoms. The van der Waals surface area contributed by atoms with Crippen LogP contribution in [0.15, 0.2) is 104 Å². The normalized spacial score (nSPS) is 16.7. The molecule has 15 rings (SSSR count). The molecule has 0 atom stereocenters. The molecule has 22 heteroatoms. The van der Waals surface area contributed by atoms with Gasteiger partial charge in [0.15, 0.2) is 11.6 Å². The van der Waals surface area contributed by atoms with Crippen molar-refractivity contribution in [2.75, 3.05) is 0 Å². The van der Waals surface area contributed by atoms with Gasteiger partial charge in [0, 0.05) is 114 Å². The molecule has 3 aromatic carbocycles. The second-order valence-corrected chi connectivity index (χ2v) is 29.2. The minimum atomic E-state index is -0.424. The SMILES string of the molecule is [C-]#[N+]/C(C#N)=C1\C(=C\c2ccc(-c3cc4c(s3)-c3sc(-c5c6c(c(-c7cc8c(s7)-c7sc(-c9ccc(/C=C%10\C(=O)c%11cc(C#N)c([N+]#[C-])cc%11\C%10=C(\C#N)[N+]#[C-])s9)cc7C8(C)C)c7nsnc57)N=S=N6)cc3C4(C)C)s2)C(=O)c2cc(C#N)c(C#N)cc21. The number of carbonyl (C=O) groups is 2. The molecule has 8 heterocycles. The number of hydrogen-bond donors (Lipinski definition) is 0. The number of Topliss-reactive ketones (excluding diaryl/α,β-unsaturated/α-hetero) is 2. The second kappa shape index (κ2) is 19.6. The maximum atomic E-state index is 14.0. The summed E-state index contributed by atoms with van der Waals surface area (Å²) in [5.74, 6) is -0.841. The van der Waals surface area contributed by atoms with Crippen LogP contribution in [0.1, 0.15) is 108 Å². The summed E-state index contributed by atoms with van der Waals surface area (Å²) in [5.41, 5.74) is 10.2. The van der Waals surface area contributed by atoms with Crippen LogP contribution in [-0.2, 0) is 22.2 Å². The lowest BCUT2D eigenvalue weighted by molar-refractivity contribution is 0.103. The standard InChI is InChI=1S/C66H26N12O2S8/c1-65(2)38-18-47(45-10-8-30(81-45)15-36-51(43(25-70)73-6)32-12-27(22-67)28(23-68)13-34(32)59(36)79)83-61(38)63-40(65)20-49(85-63)53-55-57(77-87-75-55)54(58-56(53)76-88-78-58)50-21-41-64(86-50)62-39(66(41,3)4)19-48(84-62)46-11-9-31(82-46)16-37-52(44(26-71)74-7)33-17-42(72-5)29(24-69)14-35(33)60(37)80/h8-21H,1-4H3/b36-15-,37-16-,51-43-,52-44+. The Morgan fingerprint density at radius 1 is 0.500 bits per heavy atom. The molecule has 0 unspecified atom stereocenters. The molecule has 0 bridgehead atoms. The number of nitrogens with zero attached hydrogens (tertiary/aromatic N) is 12. The number of aromatic nitrogens is 2. The van der Waals surface area contributed by atoms with E-state index in [1.165, 1.54) is 112 Å². The van der Waals surface area contributed by atoms with Crippen molar-refractivity contribution in [1.29, 1.82) is 26.3 Å². The number of allylic oxidation sites excluding steroid dienone is 6. The zero-order valence-corrected chi connectivity index (χ0v) is 52.1. The lowest BCUT2D eigenvalue weighted by Crippen LogP contribution is -2.13. The predicted molar refractivity (Wildman–Crippen MR) is 349 cm³/mol. The fraction of sp³-hybridized carbons (Fsp3) is 0.0909. The van der Waals surface area contributed by atoms with Crippen LogP contribution in [0.4, 0.5) is 17.1 Å². The van der Waals surface area contributed by atoms with E-state index in [4.69, 9.17) is 37.2 Å². The number of benzene rings is 3. The van der Waals surface area contributed by atoms with Gasteiger partial charge in [-0.2, -0.15) is 33.3 Å². The van der Waals surface area contributed by atoms with Crippen molar-refractivity contribution in [1.82, 2.24) is 8.75 Å². The highest BCUT2D eigenvalue weighted by atomic mass is 32.1. The van der Waals surface area contributed by atoms with Crippen molar-refractivity contribution in [2.24, 2.45) is 8.73 Å². The Morgan fingerprint density at radius 3 is 1.31 bits per heavy atom. The van der Waals surface area contributed by atoms with E-state index in [9.17, 15) is 35.9 Å². The van der Waals surface area contributed by atoms with Crippen molar-refractivity contribution in [3.8, 4) is 90.2 Å². The molecule has 410 valence electrons. The first kappa shape index (κ1) is 54.4. The molecule has 88 heavy (non-hydrogen) atoms. The first-order chi connectivity index (χ1) is 42.6. The fourth-order valence-corrected chi connectivity index (χ4v) is 21.1. The lowest BCUT2D eigenvalue weighted by atomic mass is 9.83. The van der Waals surface area contributed by atoms with Gasteiger partial charge in [-0.1, -0.05) is 27.7 Å². The predicted octanol–water partition coefficient (Wildman–Crippen LogP) is 19.1. The van der Waals surface area contributed by atoms with E-state index in [0.717, 1.165) is 72.6 Å². The minimum absolute atomic E-state index is 0.0429. The van der Waals surface area contributed by atoms with Crippen molar-refractivity contribution in [2.45, 2.75) is 38.5 Å². The first-order valence-corrected chi connectivity index (χ1v) is 32.6. The molecule has 0 N–H and O–H groups in total. The van der Waals surface area contributed by atoms with E-state index in [2.05, 4.69) is 66.5 Å². The monoisotopic (exact) mass is 1270 g/mol. The molecule has 0 radical (unpaired) electrons. The average molecular weight is 1280 g/mol. The van der Waals surface area contributed by atoms with Gasteiger partial charge in [0.2, 0.25) is 5.69 Å². The van der Waals surface area contributed by atoms with E-state index < -0.39 is 11.6 Å². The Bertz CT molecular complexity index is 5290. The molecule has 14 nitrogen and oxygen atoms in total. The van der Waals surface area contributed by atoms with Gasteiger partial charge in [0.25, 0.3) is 11.4 Å². The van der Waals surface area contributed by atoms with Crippen LogP contribution in [-0.4, -0.2) is 20.3 Å². The summed E-state index contributed by atoms with van der Waals surface area (Å²) < 4.78 is 20.0. The number of fused-ring (bicyclic) bond motifs is 10. The van der Waals surface area contributed by atoms with Crippen molar-refractivity contribution < 1.29 is 9.59 Å². The summed E-state index contributed by atoms with van der Waals surface area (Å²) in [6.45, 7) is 32.1. The highest BCUT2D eigenvalue weighted by molar-refractivity contribution is 7.58. The molecule has 4 aliphatic carbocycles. The summed E-state index contributed by atoms with van der Waals surface area (Å²) in [5, 5.41) is 49.2. The third kappa shape index (κ3) is 7.61. The molecular formula is C66H26N12O2S8. The number of rotatable bonds is 6. The second-order valence-electron chi connectivity index (χ2n) is 21.7. The number of carbonyl (C=O) groups excluding carboxylic acids is 2. The summed E-state index contributed by atoms with van der Waals surface area (Å²) >= 11 is 12.2. The van der Waals surface area contributed by atoms with Gasteiger partial charge in [-0.25, -0.2) is 25.1 Å². The maximum Gasteiger partial charge on any atom is 0.270 e. The Morgan fingerprint density at radius 2 is 0.898 bits per heavy atom. The largest absolute Gasteiger partial charge is 0.289 e. The van der Waals surface area contributed by atoms with Crippen LogP contribution in [0, 0.1) is 76.4 Å². The minimum Gasteiger partial charge on any atom is -0.289 e.